The van der Waals surface area contributed by atoms with Gasteiger partial charge in [0.25, 0.3) is 0 Å². The second-order valence-corrected chi connectivity index (χ2v) is 10.1. The van der Waals surface area contributed by atoms with Crippen molar-refractivity contribution >= 4 is 28.2 Å². The van der Waals surface area contributed by atoms with Crippen molar-refractivity contribution < 1.29 is 13.7 Å². The molecule has 0 spiro atoms. The fourth-order valence-electron chi connectivity index (χ4n) is 4.02. The van der Waals surface area contributed by atoms with Gasteiger partial charge in [-0.2, -0.15) is 9.65 Å². The number of hydrogen-bond donors (Lipinski definition) is 0. The first-order valence-corrected chi connectivity index (χ1v) is 11.1. The minimum Gasteiger partial charge on any atom is -0.455 e. The summed E-state index contributed by atoms with van der Waals surface area (Å²) in [4.78, 5) is 16.0. The molecule has 0 aliphatic heterocycles. The summed E-state index contributed by atoms with van der Waals surface area (Å²) >= 11 is 1.56. The number of furan rings is 1. The van der Waals surface area contributed by atoms with Crippen LogP contribution in [0, 0.1) is 38.6 Å². The van der Waals surface area contributed by atoms with Crippen LogP contribution >= 0.6 is 11.3 Å². The molecule has 0 saturated carbocycles. The zero-order chi connectivity index (χ0) is 23.0. The Morgan fingerprint density at radius 2 is 2.12 bits per heavy atom. The molecule has 6 nitrogen and oxygen atoms in total. The number of aliphatic imine (C=N–C) groups is 1. The van der Waals surface area contributed by atoms with Crippen LogP contribution < -0.4 is 0 Å². The predicted molar refractivity (Wildman–Crippen MR) is 122 cm³/mol. The minimum absolute atomic E-state index is 0.220. The Bertz CT molecular complexity index is 1260. The lowest BCUT2D eigenvalue weighted by Gasteiger charge is -2.33. The molecular formula is C24H22FN3O3S. The molecule has 1 aromatic carbocycles. The van der Waals surface area contributed by atoms with Crippen LogP contribution in [0.25, 0.3) is 11.3 Å². The smallest absolute Gasteiger partial charge is 0.305 e. The summed E-state index contributed by atoms with van der Waals surface area (Å²) < 4.78 is 19.3. The molecule has 0 N–H and O–H groups in total. The third-order valence-electron chi connectivity index (χ3n) is 5.95. The highest BCUT2D eigenvalue weighted by molar-refractivity contribution is 7.16. The Kier molecular flexibility index (Phi) is 5.70. The van der Waals surface area contributed by atoms with Crippen LogP contribution in [-0.2, 0) is 12.8 Å². The van der Waals surface area contributed by atoms with E-state index in [0.717, 1.165) is 37.0 Å². The van der Waals surface area contributed by atoms with Gasteiger partial charge >= 0.3 is 5.69 Å². The van der Waals surface area contributed by atoms with Crippen molar-refractivity contribution in [3.63, 3.8) is 0 Å². The van der Waals surface area contributed by atoms with Gasteiger partial charge < -0.3 is 4.42 Å². The van der Waals surface area contributed by atoms with Gasteiger partial charge in [0.15, 0.2) is 0 Å². The Morgan fingerprint density at radius 3 is 2.81 bits per heavy atom. The number of halogens is 1. The van der Waals surface area contributed by atoms with E-state index in [1.54, 1.807) is 29.7 Å². The number of fused-ring (bicyclic) bond motifs is 1. The second-order valence-electron chi connectivity index (χ2n) is 8.99. The van der Waals surface area contributed by atoms with Crippen molar-refractivity contribution in [1.82, 2.24) is 0 Å². The molecule has 32 heavy (non-hydrogen) atoms. The SMILES string of the molecule is CC(C)(C)[C@H]1CCc2c(sc(N=Cc3ccc(-c4ccc(F)c([N+](=O)[O-])c4)o3)c2C#N)C1. The fourth-order valence-corrected chi connectivity index (χ4v) is 5.24. The van der Waals surface area contributed by atoms with Crippen molar-refractivity contribution in [3.05, 3.63) is 68.0 Å². The molecule has 164 valence electrons. The largest absolute Gasteiger partial charge is 0.455 e. The van der Waals surface area contributed by atoms with Gasteiger partial charge in [0.05, 0.1) is 16.7 Å². The standard InChI is InChI=1S/C24H22FN3O3S/c1-24(2,3)15-5-7-17-18(12-26)23(32-22(17)11-15)27-13-16-6-9-21(31-16)14-4-8-19(25)20(10-14)28(29)30/h4,6,8-10,13,15H,5,7,11H2,1-3H3/t15-/m0/s1. The van der Waals surface area contributed by atoms with Gasteiger partial charge in [0.1, 0.15) is 22.6 Å². The first kappa shape index (κ1) is 21.9. The van der Waals surface area contributed by atoms with E-state index in [1.807, 2.05) is 0 Å². The lowest BCUT2D eigenvalue weighted by molar-refractivity contribution is -0.387. The maximum atomic E-state index is 13.6. The van der Waals surface area contributed by atoms with E-state index in [9.17, 15) is 19.8 Å². The van der Waals surface area contributed by atoms with E-state index in [4.69, 9.17) is 4.42 Å². The quantitative estimate of drug-likeness (QED) is 0.247. The zero-order valence-corrected chi connectivity index (χ0v) is 18.8. The molecule has 8 heteroatoms. The van der Waals surface area contributed by atoms with E-state index >= 15 is 0 Å². The second kappa shape index (κ2) is 8.32. The van der Waals surface area contributed by atoms with E-state index < -0.39 is 16.4 Å². The summed E-state index contributed by atoms with van der Waals surface area (Å²) in [6.45, 7) is 6.76. The number of rotatable bonds is 4. The number of nitro benzene ring substituents is 1. The van der Waals surface area contributed by atoms with Crippen LogP contribution in [0.15, 0.2) is 39.7 Å². The van der Waals surface area contributed by atoms with Crippen LogP contribution in [0.1, 0.15) is 49.0 Å². The Labute approximate surface area is 189 Å². The fraction of sp³-hybridized carbons (Fsp3) is 0.333. The third kappa shape index (κ3) is 4.21. The van der Waals surface area contributed by atoms with E-state index in [1.165, 1.54) is 10.9 Å². The highest BCUT2D eigenvalue weighted by Crippen LogP contribution is 2.44. The molecule has 2 aromatic heterocycles. The first-order valence-electron chi connectivity index (χ1n) is 10.3. The monoisotopic (exact) mass is 451 g/mol. The summed E-state index contributed by atoms with van der Waals surface area (Å²) in [7, 11) is 0. The van der Waals surface area contributed by atoms with Crippen molar-refractivity contribution in [2.75, 3.05) is 0 Å². The van der Waals surface area contributed by atoms with Gasteiger partial charge in [-0.05, 0) is 60.4 Å². The average molecular weight is 452 g/mol. The molecule has 0 unspecified atom stereocenters. The van der Waals surface area contributed by atoms with Crippen LogP contribution in [-0.4, -0.2) is 11.1 Å². The molecule has 1 aliphatic carbocycles. The number of nitro groups is 1. The van der Waals surface area contributed by atoms with Gasteiger partial charge in [0, 0.05) is 16.5 Å². The zero-order valence-electron chi connectivity index (χ0n) is 18.0. The Morgan fingerprint density at radius 1 is 1.34 bits per heavy atom. The molecule has 0 amide bonds. The maximum absolute atomic E-state index is 13.6. The number of hydrogen-bond acceptors (Lipinski definition) is 6. The van der Waals surface area contributed by atoms with Gasteiger partial charge in [-0.15, -0.1) is 11.3 Å². The van der Waals surface area contributed by atoms with Crippen LogP contribution in [0.2, 0.25) is 0 Å². The normalized spacial score (nSPS) is 16.2. The lowest BCUT2D eigenvalue weighted by atomic mass is 9.72. The molecule has 0 radical (unpaired) electrons. The number of benzene rings is 1. The third-order valence-corrected chi connectivity index (χ3v) is 7.11. The molecular weight excluding hydrogens is 429 g/mol. The highest BCUT2D eigenvalue weighted by atomic mass is 32.1. The summed E-state index contributed by atoms with van der Waals surface area (Å²) in [6, 6.07) is 9.26. The van der Waals surface area contributed by atoms with Crippen LogP contribution in [0.3, 0.4) is 0 Å². The van der Waals surface area contributed by atoms with Crippen LogP contribution in [0.5, 0.6) is 0 Å². The summed E-state index contributed by atoms with van der Waals surface area (Å²) in [5.74, 6) is 0.485. The van der Waals surface area contributed by atoms with E-state index in [2.05, 4.69) is 31.8 Å². The Balaban J connectivity index is 1.59. The average Bonchev–Trinajstić information content (AvgIpc) is 3.35. The van der Waals surface area contributed by atoms with Crippen molar-refractivity contribution in [2.45, 2.75) is 40.0 Å². The maximum Gasteiger partial charge on any atom is 0.305 e. The predicted octanol–water partition coefficient (Wildman–Crippen LogP) is 6.83. The molecule has 4 rings (SSSR count). The highest BCUT2D eigenvalue weighted by Gasteiger charge is 2.32. The van der Waals surface area contributed by atoms with Gasteiger partial charge in [-0.1, -0.05) is 20.8 Å². The topological polar surface area (TPSA) is 92.4 Å². The number of nitriles is 1. The molecule has 0 bridgehead atoms. The van der Waals surface area contributed by atoms with Gasteiger partial charge in [-0.25, -0.2) is 4.99 Å². The van der Waals surface area contributed by atoms with E-state index in [-0.39, 0.29) is 5.41 Å². The first-order chi connectivity index (χ1) is 15.2. The van der Waals surface area contributed by atoms with Crippen molar-refractivity contribution in [2.24, 2.45) is 16.3 Å². The van der Waals surface area contributed by atoms with Crippen LogP contribution in [0.4, 0.5) is 15.1 Å². The van der Waals surface area contributed by atoms with E-state index in [0.29, 0.717) is 33.6 Å². The minimum atomic E-state index is -0.897. The van der Waals surface area contributed by atoms with Gasteiger partial charge in [0.2, 0.25) is 5.82 Å². The molecule has 0 fully saturated rings. The lowest BCUT2D eigenvalue weighted by Crippen LogP contribution is -2.26. The number of thiophene rings is 1. The molecule has 1 aliphatic rings. The molecule has 0 saturated heterocycles. The van der Waals surface area contributed by atoms with Crippen molar-refractivity contribution in [1.29, 1.82) is 5.26 Å². The Hall–Kier alpha value is -3.31. The molecule has 3 aromatic rings. The summed E-state index contributed by atoms with van der Waals surface area (Å²) in [6.07, 6.45) is 4.46. The van der Waals surface area contributed by atoms with Crippen molar-refractivity contribution in [3.8, 4) is 17.4 Å². The summed E-state index contributed by atoms with van der Waals surface area (Å²) in [5, 5.41) is 21.4. The van der Waals surface area contributed by atoms with Gasteiger partial charge in [-0.3, -0.25) is 10.1 Å². The summed E-state index contributed by atoms with van der Waals surface area (Å²) in [5.41, 5.74) is 1.76. The molecule has 2 heterocycles. The number of nitrogens with zero attached hydrogens (tertiary/aromatic N) is 3. The molecule has 1 atom stereocenters.